The van der Waals surface area contributed by atoms with Gasteiger partial charge in [0.1, 0.15) is 11.6 Å². The van der Waals surface area contributed by atoms with Crippen molar-refractivity contribution in [3.8, 4) is 5.75 Å². The molecule has 2 nitrogen and oxygen atoms in total. The van der Waals surface area contributed by atoms with Crippen molar-refractivity contribution in [2.75, 3.05) is 6.61 Å². The lowest BCUT2D eigenvalue weighted by atomic mass is 9.95. The highest BCUT2D eigenvalue weighted by atomic mass is 19.1. The number of halogens is 1. The van der Waals surface area contributed by atoms with Crippen molar-refractivity contribution >= 4 is 0 Å². The maximum Gasteiger partial charge on any atom is 0.128 e. The summed E-state index contributed by atoms with van der Waals surface area (Å²) in [6.07, 6.45) is 2.01. The number of fused-ring (bicyclic) bond motifs is 1. The van der Waals surface area contributed by atoms with E-state index in [0.717, 1.165) is 41.9 Å². The molecule has 0 aromatic heterocycles. The molecule has 0 aliphatic carbocycles. The normalized spacial score (nSPS) is 15.3. The van der Waals surface area contributed by atoms with Gasteiger partial charge >= 0.3 is 0 Å². The first kappa shape index (κ1) is 13.1. The van der Waals surface area contributed by atoms with Crippen LogP contribution in [0.4, 0.5) is 4.39 Å². The lowest BCUT2D eigenvalue weighted by molar-refractivity contribution is 0.288. The zero-order valence-corrected chi connectivity index (χ0v) is 11.5. The minimum Gasteiger partial charge on any atom is -0.493 e. The van der Waals surface area contributed by atoms with E-state index in [9.17, 15) is 4.39 Å². The zero-order valence-electron chi connectivity index (χ0n) is 11.5. The third-order valence-electron chi connectivity index (χ3n) is 3.78. The predicted octanol–water partition coefficient (Wildman–Crippen LogP) is 3.51. The van der Waals surface area contributed by atoms with Crippen molar-refractivity contribution in [2.24, 2.45) is 5.73 Å². The van der Waals surface area contributed by atoms with Gasteiger partial charge in [-0.2, -0.15) is 0 Å². The fourth-order valence-corrected chi connectivity index (χ4v) is 2.64. The quantitative estimate of drug-likeness (QED) is 0.907. The van der Waals surface area contributed by atoms with Crippen molar-refractivity contribution in [1.29, 1.82) is 0 Å². The molecule has 1 aliphatic heterocycles. The van der Waals surface area contributed by atoms with Crippen LogP contribution in [-0.4, -0.2) is 6.61 Å². The highest BCUT2D eigenvalue weighted by molar-refractivity contribution is 5.42. The van der Waals surface area contributed by atoms with E-state index >= 15 is 0 Å². The van der Waals surface area contributed by atoms with Crippen LogP contribution in [0.25, 0.3) is 0 Å². The molecule has 1 heterocycles. The molecule has 2 aromatic rings. The summed E-state index contributed by atoms with van der Waals surface area (Å²) in [6.45, 7) is 2.64. The Balaban J connectivity index is 1.95. The van der Waals surface area contributed by atoms with Crippen LogP contribution in [0.1, 0.15) is 34.7 Å². The summed E-state index contributed by atoms with van der Waals surface area (Å²) in [5, 5.41) is 0. The molecule has 0 saturated carbocycles. The largest absolute Gasteiger partial charge is 0.493 e. The number of benzene rings is 2. The van der Waals surface area contributed by atoms with Crippen LogP contribution >= 0.6 is 0 Å². The molecule has 1 unspecified atom stereocenters. The zero-order chi connectivity index (χ0) is 14.1. The van der Waals surface area contributed by atoms with Crippen LogP contribution < -0.4 is 10.5 Å². The first-order valence-corrected chi connectivity index (χ1v) is 6.92. The Bertz CT molecular complexity index is 639. The number of aryl methyl sites for hydroxylation is 2. The number of nitrogens with two attached hydrogens (primary N) is 1. The second kappa shape index (κ2) is 5.25. The summed E-state index contributed by atoms with van der Waals surface area (Å²) in [5.74, 6) is 0.683. The predicted molar refractivity (Wildman–Crippen MR) is 77.4 cm³/mol. The van der Waals surface area contributed by atoms with Gasteiger partial charge in [-0.1, -0.05) is 24.3 Å². The van der Waals surface area contributed by atoms with Crippen molar-refractivity contribution in [2.45, 2.75) is 25.8 Å². The second-order valence-electron chi connectivity index (χ2n) is 5.32. The topological polar surface area (TPSA) is 35.2 Å². The summed E-state index contributed by atoms with van der Waals surface area (Å²) < 4.78 is 19.6. The Kier molecular flexibility index (Phi) is 3.45. The summed E-state index contributed by atoms with van der Waals surface area (Å²) >= 11 is 0. The molecule has 0 spiro atoms. The minimum absolute atomic E-state index is 0.244. The van der Waals surface area contributed by atoms with Gasteiger partial charge in [-0.15, -0.1) is 0 Å². The van der Waals surface area contributed by atoms with E-state index in [0.29, 0.717) is 5.56 Å². The van der Waals surface area contributed by atoms with Crippen LogP contribution in [0.3, 0.4) is 0 Å². The van der Waals surface area contributed by atoms with E-state index in [1.807, 2.05) is 31.2 Å². The third kappa shape index (κ3) is 2.41. The van der Waals surface area contributed by atoms with Crippen molar-refractivity contribution in [1.82, 2.24) is 0 Å². The molecule has 104 valence electrons. The fourth-order valence-electron chi connectivity index (χ4n) is 2.64. The van der Waals surface area contributed by atoms with Gasteiger partial charge in [0, 0.05) is 5.56 Å². The second-order valence-corrected chi connectivity index (χ2v) is 5.32. The smallest absolute Gasteiger partial charge is 0.128 e. The van der Waals surface area contributed by atoms with Crippen molar-refractivity contribution < 1.29 is 9.13 Å². The van der Waals surface area contributed by atoms with Gasteiger partial charge in [0.25, 0.3) is 0 Å². The standard InChI is InChI=1S/C17H18FNO/c1-11-4-6-14(15(18)9-11)17(19)13-5-7-16-12(10-13)3-2-8-20-16/h4-7,9-10,17H,2-3,8,19H2,1H3. The lowest BCUT2D eigenvalue weighted by Crippen LogP contribution is -2.15. The van der Waals surface area contributed by atoms with E-state index in [1.54, 1.807) is 6.07 Å². The molecule has 0 bridgehead atoms. The summed E-state index contributed by atoms with van der Waals surface area (Å²) in [4.78, 5) is 0. The highest BCUT2D eigenvalue weighted by Gasteiger charge is 2.17. The molecule has 1 atom stereocenters. The Morgan fingerprint density at radius 2 is 2.05 bits per heavy atom. The molecule has 20 heavy (non-hydrogen) atoms. The van der Waals surface area contributed by atoms with Crippen LogP contribution in [-0.2, 0) is 6.42 Å². The fraction of sp³-hybridized carbons (Fsp3) is 0.294. The molecule has 2 aromatic carbocycles. The number of ether oxygens (including phenoxy) is 1. The first-order chi connectivity index (χ1) is 9.65. The SMILES string of the molecule is Cc1ccc(C(N)c2ccc3c(c2)CCCO3)c(F)c1. The molecular formula is C17H18FNO. The Labute approximate surface area is 118 Å². The molecule has 0 saturated heterocycles. The monoisotopic (exact) mass is 271 g/mol. The Morgan fingerprint density at radius 1 is 1.20 bits per heavy atom. The van der Waals surface area contributed by atoms with Gasteiger partial charge < -0.3 is 10.5 Å². The van der Waals surface area contributed by atoms with E-state index < -0.39 is 6.04 Å². The van der Waals surface area contributed by atoms with Crippen LogP contribution in [0, 0.1) is 12.7 Å². The molecule has 0 radical (unpaired) electrons. The van der Waals surface area contributed by atoms with Crippen LogP contribution in [0.2, 0.25) is 0 Å². The maximum atomic E-state index is 14.0. The van der Waals surface area contributed by atoms with Gasteiger partial charge in [-0.05, 0) is 48.6 Å². The number of hydrogen-bond donors (Lipinski definition) is 1. The molecule has 1 aliphatic rings. The van der Waals surface area contributed by atoms with Crippen molar-refractivity contribution in [3.63, 3.8) is 0 Å². The average molecular weight is 271 g/mol. The van der Waals surface area contributed by atoms with Gasteiger partial charge in [0.15, 0.2) is 0 Å². The molecule has 2 N–H and O–H groups in total. The lowest BCUT2D eigenvalue weighted by Gasteiger charge is -2.20. The summed E-state index contributed by atoms with van der Waals surface area (Å²) in [6, 6.07) is 10.6. The van der Waals surface area contributed by atoms with Crippen LogP contribution in [0.5, 0.6) is 5.75 Å². The first-order valence-electron chi connectivity index (χ1n) is 6.92. The molecular weight excluding hydrogens is 253 g/mol. The minimum atomic E-state index is -0.442. The average Bonchev–Trinajstić information content (AvgIpc) is 2.46. The summed E-state index contributed by atoms with van der Waals surface area (Å²) in [5.41, 5.74) is 9.75. The van der Waals surface area contributed by atoms with Gasteiger partial charge in [0.2, 0.25) is 0 Å². The number of rotatable bonds is 2. The van der Waals surface area contributed by atoms with E-state index in [1.165, 1.54) is 6.07 Å². The van der Waals surface area contributed by atoms with Gasteiger partial charge in [-0.3, -0.25) is 0 Å². The molecule has 0 amide bonds. The Morgan fingerprint density at radius 3 is 2.85 bits per heavy atom. The highest BCUT2D eigenvalue weighted by Crippen LogP contribution is 2.30. The van der Waals surface area contributed by atoms with E-state index in [-0.39, 0.29) is 5.82 Å². The molecule has 3 heteroatoms. The molecule has 0 fully saturated rings. The van der Waals surface area contributed by atoms with Gasteiger partial charge in [0.05, 0.1) is 12.6 Å². The Hall–Kier alpha value is -1.87. The van der Waals surface area contributed by atoms with Gasteiger partial charge in [-0.25, -0.2) is 4.39 Å². The maximum absolute atomic E-state index is 14.0. The summed E-state index contributed by atoms with van der Waals surface area (Å²) in [7, 11) is 0. The van der Waals surface area contributed by atoms with Crippen molar-refractivity contribution in [3.05, 3.63) is 64.5 Å². The van der Waals surface area contributed by atoms with Crippen LogP contribution in [0.15, 0.2) is 36.4 Å². The third-order valence-corrected chi connectivity index (χ3v) is 3.78. The molecule has 3 rings (SSSR count). The number of hydrogen-bond acceptors (Lipinski definition) is 2. The van der Waals surface area contributed by atoms with E-state index in [4.69, 9.17) is 10.5 Å². The van der Waals surface area contributed by atoms with E-state index in [2.05, 4.69) is 0 Å².